The standard InChI is InChI=1S/C18H18N6O2/c19-16(25)12-3-5-13(6-4-12)23-8-10-24(11-9-23)18-21-14-2-1-7-20-15(14)17(26)22-18/h1-7H,8-11H2,(H2,19,25)(H,21,22,26). The molecule has 0 saturated carbocycles. The molecule has 8 nitrogen and oxygen atoms in total. The van der Waals surface area contributed by atoms with Crippen molar-refractivity contribution >= 4 is 28.6 Å². The minimum Gasteiger partial charge on any atom is -0.368 e. The van der Waals surface area contributed by atoms with Crippen LogP contribution in [0.3, 0.4) is 0 Å². The molecule has 1 amide bonds. The van der Waals surface area contributed by atoms with Gasteiger partial charge in [-0.25, -0.2) is 9.97 Å². The number of carbonyl (C=O) groups is 1. The molecule has 1 fully saturated rings. The molecule has 2 aromatic heterocycles. The van der Waals surface area contributed by atoms with Crippen molar-refractivity contribution in [3.63, 3.8) is 0 Å². The molecule has 3 heterocycles. The minimum atomic E-state index is -0.429. The summed E-state index contributed by atoms with van der Waals surface area (Å²) in [5.41, 5.74) is 7.53. The highest BCUT2D eigenvalue weighted by molar-refractivity contribution is 5.93. The van der Waals surface area contributed by atoms with Gasteiger partial charge in [0.05, 0.1) is 5.52 Å². The smallest absolute Gasteiger partial charge is 0.278 e. The molecule has 1 saturated heterocycles. The van der Waals surface area contributed by atoms with Crippen LogP contribution in [0, 0.1) is 0 Å². The van der Waals surface area contributed by atoms with E-state index in [0.717, 1.165) is 31.9 Å². The molecule has 4 rings (SSSR count). The van der Waals surface area contributed by atoms with Crippen molar-refractivity contribution in [3.8, 4) is 0 Å². The van der Waals surface area contributed by atoms with Gasteiger partial charge < -0.3 is 15.5 Å². The van der Waals surface area contributed by atoms with E-state index in [0.29, 0.717) is 22.5 Å². The van der Waals surface area contributed by atoms with E-state index in [9.17, 15) is 9.59 Å². The van der Waals surface area contributed by atoms with Gasteiger partial charge in [-0.3, -0.25) is 14.6 Å². The number of nitrogens with one attached hydrogen (secondary N) is 1. The Hall–Kier alpha value is -3.42. The molecule has 3 N–H and O–H groups in total. The lowest BCUT2D eigenvalue weighted by Gasteiger charge is -2.36. The number of aromatic nitrogens is 3. The number of nitrogens with two attached hydrogens (primary N) is 1. The van der Waals surface area contributed by atoms with E-state index in [4.69, 9.17) is 5.73 Å². The van der Waals surface area contributed by atoms with E-state index in [1.165, 1.54) is 0 Å². The molecule has 0 aliphatic carbocycles. The lowest BCUT2D eigenvalue weighted by atomic mass is 10.1. The number of benzene rings is 1. The third-order valence-corrected chi connectivity index (χ3v) is 4.55. The van der Waals surface area contributed by atoms with Crippen LogP contribution in [0.2, 0.25) is 0 Å². The van der Waals surface area contributed by atoms with Crippen LogP contribution in [0.1, 0.15) is 10.4 Å². The van der Waals surface area contributed by atoms with E-state index < -0.39 is 5.91 Å². The fraction of sp³-hybridized carbons (Fsp3) is 0.222. The lowest BCUT2D eigenvalue weighted by Crippen LogP contribution is -2.47. The van der Waals surface area contributed by atoms with Crippen LogP contribution in [-0.4, -0.2) is 47.0 Å². The summed E-state index contributed by atoms with van der Waals surface area (Å²) in [5, 5.41) is 0. The van der Waals surface area contributed by atoms with Crippen LogP contribution < -0.4 is 21.1 Å². The van der Waals surface area contributed by atoms with Crippen molar-refractivity contribution < 1.29 is 4.79 Å². The summed E-state index contributed by atoms with van der Waals surface area (Å²) in [5.74, 6) is 0.140. The van der Waals surface area contributed by atoms with Crippen LogP contribution in [0.25, 0.3) is 11.0 Å². The van der Waals surface area contributed by atoms with Crippen molar-refractivity contribution in [1.82, 2.24) is 15.0 Å². The Kier molecular flexibility index (Phi) is 4.00. The third-order valence-electron chi connectivity index (χ3n) is 4.55. The first-order chi connectivity index (χ1) is 12.6. The van der Waals surface area contributed by atoms with Crippen molar-refractivity contribution in [2.45, 2.75) is 0 Å². The zero-order chi connectivity index (χ0) is 18.1. The number of anilines is 2. The Bertz CT molecular complexity index is 1010. The van der Waals surface area contributed by atoms with Crippen molar-refractivity contribution in [2.24, 2.45) is 5.73 Å². The van der Waals surface area contributed by atoms with E-state index >= 15 is 0 Å². The first-order valence-corrected chi connectivity index (χ1v) is 8.36. The Morgan fingerprint density at radius 1 is 1.04 bits per heavy atom. The van der Waals surface area contributed by atoms with E-state index in [-0.39, 0.29) is 5.56 Å². The lowest BCUT2D eigenvalue weighted by molar-refractivity contribution is 0.100. The molecule has 1 aromatic carbocycles. The second kappa shape index (κ2) is 6.47. The molecule has 132 valence electrons. The summed E-state index contributed by atoms with van der Waals surface area (Å²) in [6.07, 6.45) is 1.58. The minimum absolute atomic E-state index is 0.227. The van der Waals surface area contributed by atoms with Crippen LogP contribution in [0.4, 0.5) is 11.6 Å². The number of primary amides is 1. The van der Waals surface area contributed by atoms with E-state index in [1.807, 2.05) is 12.1 Å². The summed E-state index contributed by atoms with van der Waals surface area (Å²) >= 11 is 0. The number of hydrogen-bond acceptors (Lipinski definition) is 6. The first kappa shape index (κ1) is 16.1. The molecule has 1 aliphatic rings. The summed E-state index contributed by atoms with van der Waals surface area (Å²) in [6, 6.07) is 10.8. The van der Waals surface area contributed by atoms with Gasteiger partial charge in [-0.05, 0) is 36.4 Å². The van der Waals surface area contributed by atoms with Crippen molar-refractivity contribution in [1.29, 1.82) is 0 Å². The number of H-pyrrole nitrogens is 1. The zero-order valence-electron chi connectivity index (χ0n) is 14.1. The predicted molar refractivity (Wildman–Crippen MR) is 99.5 cm³/mol. The SMILES string of the molecule is NC(=O)c1ccc(N2CCN(c3nc4cccnc4c(=O)[nH]3)CC2)cc1. The van der Waals surface area contributed by atoms with Gasteiger partial charge in [0.15, 0.2) is 5.52 Å². The van der Waals surface area contributed by atoms with Gasteiger partial charge in [-0.2, -0.15) is 0 Å². The third kappa shape index (κ3) is 2.97. The maximum absolute atomic E-state index is 12.2. The molecule has 0 bridgehead atoms. The molecule has 0 atom stereocenters. The molecule has 3 aromatic rings. The molecule has 0 radical (unpaired) electrons. The van der Waals surface area contributed by atoms with E-state index in [2.05, 4.69) is 24.8 Å². The number of carbonyl (C=O) groups excluding carboxylic acids is 1. The Balaban J connectivity index is 1.50. The van der Waals surface area contributed by atoms with Crippen LogP contribution in [0.15, 0.2) is 47.4 Å². The quantitative estimate of drug-likeness (QED) is 0.721. The van der Waals surface area contributed by atoms with Gasteiger partial charge in [0.25, 0.3) is 5.56 Å². The molecular weight excluding hydrogens is 332 g/mol. The van der Waals surface area contributed by atoms with Gasteiger partial charge in [0, 0.05) is 43.6 Å². The summed E-state index contributed by atoms with van der Waals surface area (Å²) < 4.78 is 0. The van der Waals surface area contributed by atoms with Gasteiger partial charge >= 0.3 is 0 Å². The molecule has 26 heavy (non-hydrogen) atoms. The largest absolute Gasteiger partial charge is 0.368 e. The Labute approximate surface area is 149 Å². The van der Waals surface area contributed by atoms with Gasteiger partial charge in [0.2, 0.25) is 11.9 Å². The highest BCUT2D eigenvalue weighted by Crippen LogP contribution is 2.19. The van der Waals surface area contributed by atoms with Crippen molar-refractivity contribution in [2.75, 3.05) is 36.0 Å². The average Bonchev–Trinajstić information content (AvgIpc) is 2.68. The zero-order valence-corrected chi connectivity index (χ0v) is 14.1. The molecule has 0 spiro atoms. The molecule has 1 aliphatic heterocycles. The number of piperazine rings is 1. The molecule has 0 unspecified atom stereocenters. The van der Waals surface area contributed by atoms with Crippen LogP contribution in [0.5, 0.6) is 0 Å². The topological polar surface area (TPSA) is 108 Å². The predicted octanol–water partition coefficient (Wildman–Crippen LogP) is 0.744. The Morgan fingerprint density at radius 2 is 1.73 bits per heavy atom. The summed E-state index contributed by atoms with van der Waals surface area (Å²) in [6.45, 7) is 3.02. The van der Waals surface area contributed by atoms with Crippen LogP contribution >= 0.6 is 0 Å². The summed E-state index contributed by atoms with van der Waals surface area (Å²) in [4.78, 5) is 39.1. The maximum Gasteiger partial charge on any atom is 0.278 e. The number of fused-ring (bicyclic) bond motifs is 1. The van der Waals surface area contributed by atoms with Gasteiger partial charge in [-0.1, -0.05) is 0 Å². The fourth-order valence-electron chi connectivity index (χ4n) is 3.13. The Morgan fingerprint density at radius 3 is 2.42 bits per heavy atom. The number of rotatable bonds is 3. The first-order valence-electron chi connectivity index (χ1n) is 8.36. The maximum atomic E-state index is 12.2. The van der Waals surface area contributed by atoms with Crippen molar-refractivity contribution in [3.05, 3.63) is 58.5 Å². The van der Waals surface area contributed by atoms with Crippen LogP contribution in [-0.2, 0) is 0 Å². The second-order valence-corrected chi connectivity index (χ2v) is 6.15. The highest BCUT2D eigenvalue weighted by atomic mass is 16.1. The second-order valence-electron chi connectivity index (χ2n) is 6.15. The monoisotopic (exact) mass is 350 g/mol. The normalized spacial score (nSPS) is 14.6. The average molecular weight is 350 g/mol. The number of nitrogens with zero attached hydrogens (tertiary/aromatic N) is 4. The number of pyridine rings is 1. The number of hydrogen-bond donors (Lipinski definition) is 2. The molecule has 8 heteroatoms. The summed E-state index contributed by atoms with van der Waals surface area (Å²) in [7, 11) is 0. The number of aromatic amines is 1. The fourth-order valence-corrected chi connectivity index (χ4v) is 3.13. The highest BCUT2D eigenvalue weighted by Gasteiger charge is 2.20. The van der Waals surface area contributed by atoms with E-state index in [1.54, 1.807) is 30.5 Å². The molecular formula is C18H18N6O2. The van der Waals surface area contributed by atoms with Gasteiger partial charge in [-0.15, -0.1) is 0 Å². The van der Waals surface area contributed by atoms with Gasteiger partial charge in [0.1, 0.15) is 0 Å². The number of amides is 1.